The van der Waals surface area contributed by atoms with Crippen LogP contribution in [0.3, 0.4) is 0 Å². The number of carbonyl (C=O) groups is 2. The van der Waals surface area contributed by atoms with Gasteiger partial charge in [-0.05, 0) is 67.0 Å². The summed E-state index contributed by atoms with van der Waals surface area (Å²) in [7, 11) is 1.65. The second kappa shape index (κ2) is 8.17. The van der Waals surface area contributed by atoms with Crippen molar-refractivity contribution in [1.82, 2.24) is 4.90 Å². The summed E-state index contributed by atoms with van der Waals surface area (Å²) < 4.78 is 5.20. The van der Waals surface area contributed by atoms with Gasteiger partial charge in [0.05, 0.1) is 7.11 Å². The molecule has 2 aromatic carbocycles. The standard InChI is InChI=1S/C24H27NO3/c1-28-22-11-5-17(6-12-22)16-25(21-9-10-21)24(27)14-13-23(26)20-8-7-18-3-2-4-19(18)15-20/h5-8,11-12,15,21H,2-4,9-10,13-14,16H2,1H3. The van der Waals surface area contributed by atoms with Crippen LogP contribution in [0.5, 0.6) is 5.75 Å². The predicted molar refractivity (Wildman–Crippen MR) is 109 cm³/mol. The molecule has 0 radical (unpaired) electrons. The smallest absolute Gasteiger partial charge is 0.223 e. The molecule has 0 bridgehead atoms. The van der Waals surface area contributed by atoms with Crippen molar-refractivity contribution in [2.24, 2.45) is 0 Å². The lowest BCUT2D eigenvalue weighted by molar-refractivity contribution is -0.132. The van der Waals surface area contributed by atoms with Gasteiger partial charge in [-0.2, -0.15) is 0 Å². The highest BCUT2D eigenvalue weighted by molar-refractivity contribution is 5.98. The van der Waals surface area contributed by atoms with E-state index < -0.39 is 0 Å². The number of benzene rings is 2. The summed E-state index contributed by atoms with van der Waals surface area (Å²) in [4.78, 5) is 27.4. The Morgan fingerprint density at radius 1 is 1.00 bits per heavy atom. The van der Waals surface area contributed by atoms with E-state index in [1.54, 1.807) is 7.11 Å². The van der Waals surface area contributed by atoms with Gasteiger partial charge < -0.3 is 9.64 Å². The monoisotopic (exact) mass is 377 g/mol. The number of hydrogen-bond donors (Lipinski definition) is 0. The minimum atomic E-state index is 0.0724. The van der Waals surface area contributed by atoms with Crippen LogP contribution in [0.4, 0.5) is 0 Å². The van der Waals surface area contributed by atoms with E-state index in [9.17, 15) is 9.59 Å². The van der Waals surface area contributed by atoms with Crippen LogP contribution in [0.25, 0.3) is 0 Å². The van der Waals surface area contributed by atoms with Crippen molar-refractivity contribution in [1.29, 1.82) is 0 Å². The molecule has 0 atom stereocenters. The Morgan fingerprint density at radius 3 is 2.46 bits per heavy atom. The van der Waals surface area contributed by atoms with E-state index in [-0.39, 0.29) is 24.5 Å². The molecule has 0 aliphatic heterocycles. The highest BCUT2D eigenvalue weighted by Gasteiger charge is 2.32. The quantitative estimate of drug-likeness (QED) is 0.643. The zero-order valence-corrected chi connectivity index (χ0v) is 16.4. The van der Waals surface area contributed by atoms with Crippen LogP contribution >= 0.6 is 0 Å². The van der Waals surface area contributed by atoms with Gasteiger partial charge in [-0.25, -0.2) is 0 Å². The van der Waals surface area contributed by atoms with Crippen LogP contribution in [-0.4, -0.2) is 29.7 Å². The molecular weight excluding hydrogens is 350 g/mol. The number of methoxy groups -OCH3 is 1. The SMILES string of the molecule is COc1ccc(CN(C(=O)CCC(=O)c2ccc3c(c2)CCC3)C2CC2)cc1. The van der Waals surface area contributed by atoms with Crippen LogP contribution in [0.2, 0.25) is 0 Å². The number of ether oxygens (including phenoxy) is 1. The second-order valence-corrected chi connectivity index (χ2v) is 7.86. The van der Waals surface area contributed by atoms with Gasteiger partial charge in [-0.15, -0.1) is 0 Å². The molecule has 2 aliphatic rings. The Hall–Kier alpha value is -2.62. The van der Waals surface area contributed by atoms with E-state index >= 15 is 0 Å². The van der Waals surface area contributed by atoms with Crippen LogP contribution in [0.15, 0.2) is 42.5 Å². The lowest BCUT2D eigenvalue weighted by Gasteiger charge is -2.22. The Kier molecular flexibility index (Phi) is 5.47. The maximum atomic E-state index is 12.8. The van der Waals surface area contributed by atoms with Gasteiger partial charge in [-0.1, -0.05) is 24.3 Å². The molecule has 0 spiro atoms. The van der Waals surface area contributed by atoms with Crippen molar-refractivity contribution < 1.29 is 14.3 Å². The fraction of sp³-hybridized carbons (Fsp3) is 0.417. The maximum Gasteiger partial charge on any atom is 0.223 e. The van der Waals surface area contributed by atoms with Gasteiger partial charge >= 0.3 is 0 Å². The zero-order chi connectivity index (χ0) is 19.5. The van der Waals surface area contributed by atoms with Crippen LogP contribution < -0.4 is 4.74 Å². The highest BCUT2D eigenvalue weighted by Crippen LogP contribution is 2.30. The van der Waals surface area contributed by atoms with Crippen molar-refractivity contribution in [3.05, 3.63) is 64.7 Å². The molecule has 2 aliphatic carbocycles. The normalized spacial score (nSPS) is 15.2. The van der Waals surface area contributed by atoms with Gasteiger partial charge in [0, 0.05) is 31.0 Å². The molecule has 0 unspecified atom stereocenters. The number of rotatable bonds is 8. The predicted octanol–water partition coefficient (Wildman–Crippen LogP) is 4.34. The summed E-state index contributed by atoms with van der Waals surface area (Å²) in [6, 6.07) is 14.2. The topological polar surface area (TPSA) is 46.6 Å². The highest BCUT2D eigenvalue weighted by atomic mass is 16.5. The molecule has 1 fully saturated rings. The van der Waals surface area contributed by atoms with E-state index in [2.05, 4.69) is 6.07 Å². The number of aryl methyl sites for hydroxylation is 2. The largest absolute Gasteiger partial charge is 0.497 e. The first-order valence-corrected chi connectivity index (χ1v) is 10.2. The Morgan fingerprint density at radius 2 is 1.75 bits per heavy atom. The molecule has 4 heteroatoms. The first-order valence-electron chi connectivity index (χ1n) is 10.2. The summed E-state index contributed by atoms with van der Waals surface area (Å²) in [5, 5.41) is 0. The van der Waals surface area contributed by atoms with Gasteiger partial charge in [0.2, 0.25) is 5.91 Å². The van der Waals surface area contributed by atoms with E-state index in [4.69, 9.17) is 4.74 Å². The van der Waals surface area contributed by atoms with Crippen molar-refractivity contribution in [3.63, 3.8) is 0 Å². The Bertz CT molecular complexity index is 868. The number of amides is 1. The van der Waals surface area contributed by atoms with Crippen molar-refractivity contribution in [2.75, 3.05) is 7.11 Å². The molecular formula is C24H27NO3. The Balaban J connectivity index is 1.36. The summed E-state index contributed by atoms with van der Waals surface area (Å²) in [6.45, 7) is 0.598. The van der Waals surface area contributed by atoms with E-state index in [1.807, 2.05) is 41.3 Å². The maximum absolute atomic E-state index is 12.8. The summed E-state index contributed by atoms with van der Waals surface area (Å²) >= 11 is 0. The van der Waals surface area contributed by atoms with Crippen LogP contribution in [-0.2, 0) is 24.2 Å². The average Bonchev–Trinajstić information content (AvgIpc) is 3.46. The van der Waals surface area contributed by atoms with Crippen LogP contribution in [0.1, 0.15) is 59.2 Å². The molecule has 0 saturated heterocycles. The van der Waals surface area contributed by atoms with Crippen molar-refractivity contribution in [3.8, 4) is 5.75 Å². The van der Waals surface area contributed by atoms with Gasteiger partial charge in [0.15, 0.2) is 5.78 Å². The lowest BCUT2D eigenvalue weighted by Crippen LogP contribution is -2.32. The summed E-state index contributed by atoms with van der Waals surface area (Å²) in [5.74, 6) is 0.962. The lowest BCUT2D eigenvalue weighted by atomic mass is 10.0. The number of hydrogen-bond acceptors (Lipinski definition) is 3. The molecule has 1 saturated carbocycles. The molecule has 146 valence electrons. The van der Waals surface area contributed by atoms with Crippen molar-refractivity contribution in [2.45, 2.75) is 57.5 Å². The first-order chi connectivity index (χ1) is 13.6. The molecule has 2 aromatic rings. The fourth-order valence-corrected chi connectivity index (χ4v) is 3.99. The van der Waals surface area contributed by atoms with Gasteiger partial charge in [0.1, 0.15) is 5.75 Å². The summed E-state index contributed by atoms with van der Waals surface area (Å²) in [6.07, 6.45) is 6.03. The number of fused-ring (bicyclic) bond motifs is 1. The number of Topliss-reactive ketones (excluding diaryl/α,β-unsaturated/α-hetero) is 1. The minimum absolute atomic E-state index is 0.0724. The average molecular weight is 377 g/mol. The van der Waals surface area contributed by atoms with Crippen molar-refractivity contribution >= 4 is 11.7 Å². The third-order valence-corrected chi connectivity index (χ3v) is 5.81. The Labute approximate surface area is 166 Å². The van der Waals surface area contributed by atoms with Gasteiger partial charge in [-0.3, -0.25) is 9.59 Å². The summed E-state index contributed by atoms with van der Waals surface area (Å²) in [5.41, 5.74) is 4.51. The second-order valence-electron chi connectivity index (χ2n) is 7.86. The molecule has 4 nitrogen and oxygen atoms in total. The molecule has 28 heavy (non-hydrogen) atoms. The number of carbonyl (C=O) groups excluding carboxylic acids is 2. The van der Waals surface area contributed by atoms with E-state index in [0.29, 0.717) is 12.6 Å². The number of ketones is 1. The molecule has 0 N–H and O–H groups in total. The van der Waals surface area contributed by atoms with Crippen LogP contribution in [0, 0.1) is 0 Å². The third kappa shape index (κ3) is 4.27. The zero-order valence-electron chi connectivity index (χ0n) is 16.4. The van der Waals surface area contributed by atoms with E-state index in [1.165, 1.54) is 17.5 Å². The first kappa shape index (κ1) is 18.7. The number of nitrogens with zero attached hydrogens (tertiary/aromatic N) is 1. The molecule has 1 amide bonds. The molecule has 0 aromatic heterocycles. The molecule has 4 rings (SSSR count). The van der Waals surface area contributed by atoms with E-state index in [0.717, 1.165) is 42.6 Å². The van der Waals surface area contributed by atoms with Gasteiger partial charge in [0.25, 0.3) is 0 Å². The minimum Gasteiger partial charge on any atom is -0.497 e. The molecule has 0 heterocycles. The fourth-order valence-electron chi connectivity index (χ4n) is 3.99. The third-order valence-electron chi connectivity index (χ3n) is 5.81.